The predicted molar refractivity (Wildman–Crippen MR) is 119 cm³/mol. The highest BCUT2D eigenvalue weighted by atomic mass is 16.5. The zero-order valence-electron chi connectivity index (χ0n) is 17.2. The number of hydrogen-bond acceptors (Lipinski definition) is 8. The molecule has 0 amide bonds. The van der Waals surface area contributed by atoms with Crippen molar-refractivity contribution in [3.05, 3.63) is 89.6 Å². The molecule has 1 atom stereocenters. The van der Waals surface area contributed by atoms with E-state index in [4.69, 9.17) is 14.1 Å². The highest BCUT2D eigenvalue weighted by Gasteiger charge is 2.27. The summed E-state index contributed by atoms with van der Waals surface area (Å²) in [4.78, 5) is 22.0. The van der Waals surface area contributed by atoms with Gasteiger partial charge in [-0.05, 0) is 11.6 Å². The number of nitrogens with zero attached hydrogens (tertiary/aromatic N) is 4. The van der Waals surface area contributed by atoms with Crippen molar-refractivity contribution < 1.29 is 13.9 Å². The number of fused-ring (bicyclic) bond motifs is 1. The van der Waals surface area contributed by atoms with Gasteiger partial charge in [-0.25, -0.2) is 0 Å². The maximum atomic E-state index is 13.0. The molecule has 8 nitrogen and oxygen atoms in total. The second-order valence-electron chi connectivity index (χ2n) is 7.18. The number of rotatable bonds is 5. The Morgan fingerprint density at radius 3 is 2.69 bits per heavy atom. The van der Waals surface area contributed by atoms with E-state index in [1.165, 1.54) is 0 Å². The van der Waals surface area contributed by atoms with Crippen LogP contribution in [0.2, 0.25) is 0 Å². The fraction of sp³-hybridized carbons (Fsp3) is 0.125. The Labute approximate surface area is 184 Å². The fourth-order valence-corrected chi connectivity index (χ4v) is 3.56. The van der Waals surface area contributed by atoms with E-state index in [1.54, 1.807) is 25.4 Å². The number of nitrogens with one attached hydrogen (secondary N) is 1. The van der Waals surface area contributed by atoms with Gasteiger partial charge in [0.2, 0.25) is 0 Å². The van der Waals surface area contributed by atoms with E-state index in [1.807, 2.05) is 54.6 Å². The Balaban J connectivity index is 1.48. The van der Waals surface area contributed by atoms with Gasteiger partial charge >= 0.3 is 6.01 Å². The van der Waals surface area contributed by atoms with E-state index in [9.17, 15) is 4.79 Å². The number of Topliss-reactive ketones (excluding diaryl/α,β-unsaturated/α-hetero) is 1. The lowest BCUT2D eigenvalue weighted by molar-refractivity contribution is -0.119. The summed E-state index contributed by atoms with van der Waals surface area (Å²) in [5.41, 5.74) is 3.99. The molecule has 5 rings (SSSR count). The molecule has 2 aromatic heterocycles. The van der Waals surface area contributed by atoms with Gasteiger partial charge in [-0.15, -0.1) is 5.10 Å². The van der Waals surface area contributed by atoms with Gasteiger partial charge in [0, 0.05) is 29.8 Å². The number of ketones is 1. The van der Waals surface area contributed by atoms with Gasteiger partial charge in [0.05, 0.1) is 12.8 Å². The molecular formula is C24H19N5O3. The van der Waals surface area contributed by atoms with Crippen LogP contribution < -0.4 is 10.1 Å². The minimum absolute atomic E-state index is 0.0880. The molecule has 4 aromatic rings. The summed E-state index contributed by atoms with van der Waals surface area (Å²) >= 11 is 0. The molecule has 0 bridgehead atoms. The normalized spacial score (nSPS) is 15.5. The van der Waals surface area contributed by atoms with Crippen molar-refractivity contribution in [3.63, 3.8) is 0 Å². The maximum Gasteiger partial charge on any atom is 0.317 e. The molecule has 0 aliphatic carbocycles. The lowest BCUT2D eigenvalue weighted by Gasteiger charge is -2.11. The fourth-order valence-electron chi connectivity index (χ4n) is 3.56. The zero-order valence-corrected chi connectivity index (χ0v) is 17.2. The highest BCUT2D eigenvalue weighted by molar-refractivity contribution is 6.16. The third kappa shape index (κ3) is 3.85. The van der Waals surface area contributed by atoms with Crippen LogP contribution in [-0.4, -0.2) is 40.0 Å². The van der Waals surface area contributed by atoms with E-state index in [-0.39, 0.29) is 24.1 Å². The van der Waals surface area contributed by atoms with Crippen LogP contribution in [0.4, 0.5) is 6.01 Å². The Hall–Kier alpha value is -4.33. The van der Waals surface area contributed by atoms with Gasteiger partial charge in [0.15, 0.2) is 11.9 Å². The van der Waals surface area contributed by atoms with Gasteiger partial charge in [-0.1, -0.05) is 59.7 Å². The number of benzene rings is 2. The van der Waals surface area contributed by atoms with E-state index in [0.717, 1.165) is 22.4 Å². The molecule has 0 saturated carbocycles. The number of carbonyl (C=O) groups excluding carboxylic acids is 1. The highest BCUT2D eigenvalue weighted by Crippen LogP contribution is 2.24. The van der Waals surface area contributed by atoms with Crippen molar-refractivity contribution in [2.45, 2.75) is 12.6 Å². The van der Waals surface area contributed by atoms with E-state index in [0.29, 0.717) is 11.4 Å². The van der Waals surface area contributed by atoms with Crippen LogP contribution in [0.15, 0.2) is 82.3 Å². The van der Waals surface area contributed by atoms with Crippen LogP contribution in [0.5, 0.6) is 5.75 Å². The Bertz CT molecular complexity index is 1300. The number of anilines is 1. The Kier molecular flexibility index (Phi) is 5.17. The van der Waals surface area contributed by atoms with Gasteiger partial charge in [0.25, 0.3) is 5.89 Å². The van der Waals surface area contributed by atoms with Crippen molar-refractivity contribution in [2.24, 2.45) is 4.99 Å². The summed E-state index contributed by atoms with van der Waals surface area (Å²) in [5, 5.41) is 11.0. The third-order valence-corrected chi connectivity index (χ3v) is 5.12. The molecule has 158 valence electrons. The van der Waals surface area contributed by atoms with E-state index >= 15 is 0 Å². The first-order chi connectivity index (χ1) is 15.7. The molecule has 8 heteroatoms. The lowest BCUT2D eigenvalue weighted by atomic mass is 9.96. The quantitative estimate of drug-likeness (QED) is 0.522. The Morgan fingerprint density at radius 1 is 1.03 bits per heavy atom. The van der Waals surface area contributed by atoms with Crippen LogP contribution in [0, 0.1) is 0 Å². The summed E-state index contributed by atoms with van der Waals surface area (Å²) in [5.74, 6) is 0.738. The maximum absolute atomic E-state index is 13.0. The number of ether oxygens (including phenoxy) is 1. The molecule has 2 aromatic carbocycles. The lowest BCUT2D eigenvalue weighted by Crippen LogP contribution is -2.29. The van der Waals surface area contributed by atoms with Crippen LogP contribution in [0.3, 0.4) is 0 Å². The molecule has 1 aliphatic rings. The summed E-state index contributed by atoms with van der Waals surface area (Å²) in [6, 6.07) is 21.1. The van der Waals surface area contributed by atoms with Crippen molar-refractivity contribution in [2.75, 3.05) is 12.4 Å². The third-order valence-electron chi connectivity index (χ3n) is 5.12. The topological polar surface area (TPSA) is 103 Å². The van der Waals surface area contributed by atoms with Gasteiger partial charge in [0.1, 0.15) is 11.4 Å². The van der Waals surface area contributed by atoms with Crippen molar-refractivity contribution >= 4 is 17.5 Å². The molecule has 3 heterocycles. The monoisotopic (exact) mass is 425 g/mol. The van der Waals surface area contributed by atoms with Crippen LogP contribution >= 0.6 is 0 Å². The molecule has 0 spiro atoms. The first-order valence-corrected chi connectivity index (χ1v) is 10.1. The molecule has 1 N–H and O–H groups in total. The summed E-state index contributed by atoms with van der Waals surface area (Å²) in [7, 11) is 1.57. The van der Waals surface area contributed by atoms with Crippen molar-refractivity contribution in [1.82, 2.24) is 15.2 Å². The largest absolute Gasteiger partial charge is 0.497 e. The average molecular weight is 425 g/mol. The van der Waals surface area contributed by atoms with Crippen molar-refractivity contribution in [1.29, 1.82) is 0 Å². The van der Waals surface area contributed by atoms with E-state index in [2.05, 4.69) is 20.5 Å². The molecule has 1 aliphatic heterocycles. The SMILES string of the molecule is COc1ccnc(-c2nnc(N[C@H]3N=C(c4ccccc4)c4ccccc4CC3=O)o2)c1. The van der Waals surface area contributed by atoms with Crippen LogP contribution in [-0.2, 0) is 11.2 Å². The number of carbonyl (C=O) groups is 1. The van der Waals surface area contributed by atoms with Crippen molar-refractivity contribution in [3.8, 4) is 17.3 Å². The summed E-state index contributed by atoms with van der Waals surface area (Å²) in [6.45, 7) is 0. The van der Waals surface area contributed by atoms with Crippen LogP contribution in [0.1, 0.15) is 16.7 Å². The summed E-state index contributed by atoms with van der Waals surface area (Å²) < 4.78 is 10.9. The number of aromatic nitrogens is 3. The predicted octanol–water partition coefficient (Wildman–Crippen LogP) is 3.54. The first kappa shape index (κ1) is 19.6. The standard InChI is InChI=1S/C24H19N5O3/c1-31-17-11-12-25-19(14-17)23-28-29-24(32-23)27-22-20(30)13-16-9-5-6-10-18(16)21(26-22)15-7-3-2-4-8-15/h2-12,14,22H,13H2,1H3,(H,27,29)/t22-/m1/s1. The molecule has 0 unspecified atom stereocenters. The molecular weight excluding hydrogens is 406 g/mol. The minimum Gasteiger partial charge on any atom is -0.497 e. The van der Waals surface area contributed by atoms with Crippen LogP contribution in [0.25, 0.3) is 11.6 Å². The number of methoxy groups -OCH3 is 1. The van der Waals surface area contributed by atoms with Gasteiger partial charge < -0.3 is 14.5 Å². The zero-order chi connectivity index (χ0) is 21.9. The molecule has 0 radical (unpaired) electrons. The summed E-state index contributed by atoms with van der Waals surface area (Å²) in [6.07, 6.45) is 0.962. The smallest absolute Gasteiger partial charge is 0.317 e. The average Bonchev–Trinajstić information content (AvgIpc) is 3.26. The van der Waals surface area contributed by atoms with Gasteiger partial charge in [-0.2, -0.15) is 0 Å². The number of hydrogen-bond donors (Lipinski definition) is 1. The number of pyridine rings is 1. The minimum atomic E-state index is -0.871. The second kappa shape index (κ2) is 8.43. The first-order valence-electron chi connectivity index (χ1n) is 10.1. The Morgan fingerprint density at radius 2 is 1.84 bits per heavy atom. The molecule has 0 fully saturated rings. The van der Waals surface area contributed by atoms with Gasteiger partial charge in [-0.3, -0.25) is 14.8 Å². The van der Waals surface area contributed by atoms with E-state index < -0.39 is 6.17 Å². The molecule has 32 heavy (non-hydrogen) atoms. The second-order valence-corrected chi connectivity index (χ2v) is 7.18. The molecule has 0 saturated heterocycles. The number of aliphatic imine (C=N–C) groups is 1.